The van der Waals surface area contributed by atoms with E-state index in [4.69, 9.17) is 11.6 Å². The number of hydrogen-bond acceptors (Lipinski definition) is 2. The van der Waals surface area contributed by atoms with Crippen LogP contribution in [0, 0.1) is 12.8 Å². The van der Waals surface area contributed by atoms with Gasteiger partial charge in [-0.1, -0.05) is 17.7 Å². The Labute approximate surface area is 117 Å². The van der Waals surface area contributed by atoms with Gasteiger partial charge in [0.2, 0.25) is 0 Å². The molecule has 0 saturated heterocycles. The van der Waals surface area contributed by atoms with Gasteiger partial charge in [-0.2, -0.15) is 0 Å². The molecule has 1 aliphatic heterocycles. The van der Waals surface area contributed by atoms with E-state index >= 15 is 0 Å². The summed E-state index contributed by atoms with van der Waals surface area (Å²) in [5.41, 5.74) is 3.78. The summed E-state index contributed by atoms with van der Waals surface area (Å²) in [6.45, 7) is 3.12. The Morgan fingerprint density at radius 2 is 2.33 bits per heavy atom. The molecule has 2 aromatic rings. The van der Waals surface area contributed by atoms with E-state index in [1.165, 1.54) is 16.1 Å². The lowest BCUT2D eigenvalue weighted by molar-refractivity contribution is 0.539. The van der Waals surface area contributed by atoms with Crippen molar-refractivity contribution in [2.24, 2.45) is 5.92 Å². The molecule has 0 bridgehead atoms. The molecule has 1 aromatic carbocycles. The van der Waals surface area contributed by atoms with Gasteiger partial charge in [0.05, 0.1) is 0 Å². The van der Waals surface area contributed by atoms with E-state index in [1.807, 2.05) is 11.3 Å². The molecule has 2 heterocycles. The van der Waals surface area contributed by atoms with Gasteiger partial charge in [0.1, 0.15) is 0 Å². The Hall–Kier alpha value is -0.990. The number of aryl methyl sites for hydroxylation is 1. The quantitative estimate of drug-likeness (QED) is 0.850. The highest BCUT2D eigenvalue weighted by atomic mass is 35.5. The molecule has 0 amide bonds. The summed E-state index contributed by atoms with van der Waals surface area (Å²) in [6.07, 6.45) is 2.29. The lowest BCUT2D eigenvalue weighted by Crippen LogP contribution is -2.24. The minimum absolute atomic E-state index is 0.676. The molecule has 0 aliphatic carbocycles. The normalized spacial score (nSPS) is 18.2. The van der Waals surface area contributed by atoms with Crippen molar-refractivity contribution in [3.63, 3.8) is 0 Å². The smallest absolute Gasteiger partial charge is 0.0439 e. The Balaban J connectivity index is 1.78. The fraction of sp³-hybridized carbons (Fsp3) is 0.333. The van der Waals surface area contributed by atoms with Crippen LogP contribution in [-0.2, 0) is 12.8 Å². The second kappa shape index (κ2) is 4.94. The minimum atomic E-state index is 0.676. The van der Waals surface area contributed by atoms with E-state index in [0.29, 0.717) is 5.92 Å². The third-order valence-corrected chi connectivity index (χ3v) is 4.85. The highest BCUT2D eigenvalue weighted by Gasteiger charge is 2.19. The van der Waals surface area contributed by atoms with Crippen LogP contribution in [0.1, 0.15) is 16.0 Å². The van der Waals surface area contributed by atoms with Crippen LogP contribution in [0.5, 0.6) is 0 Å². The van der Waals surface area contributed by atoms with Gasteiger partial charge in [0, 0.05) is 22.1 Å². The summed E-state index contributed by atoms with van der Waals surface area (Å²) in [7, 11) is 0. The summed E-state index contributed by atoms with van der Waals surface area (Å²) in [6, 6.07) is 8.64. The maximum Gasteiger partial charge on any atom is 0.0439 e. The van der Waals surface area contributed by atoms with Crippen molar-refractivity contribution >= 4 is 28.6 Å². The van der Waals surface area contributed by atoms with Crippen LogP contribution in [0.4, 0.5) is 5.69 Å². The van der Waals surface area contributed by atoms with E-state index in [2.05, 4.69) is 41.9 Å². The van der Waals surface area contributed by atoms with E-state index in [1.54, 1.807) is 0 Å². The lowest BCUT2D eigenvalue weighted by atomic mass is 9.90. The molecule has 94 valence electrons. The van der Waals surface area contributed by atoms with E-state index < -0.39 is 0 Å². The number of halogens is 1. The molecule has 1 unspecified atom stereocenters. The average molecular weight is 278 g/mol. The number of thiophene rings is 1. The largest absolute Gasteiger partial charge is 0.385 e. The lowest BCUT2D eigenvalue weighted by Gasteiger charge is -2.26. The number of rotatable bonds is 2. The molecule has 1 aliphatic rings. The molecule has 1 N–H and O–H groups in total. The maximum atomic E-state index is 6.21. The second-order valence-electron chi connectivity index (χ2n) is 4.99. The molecule has 3 rings (SSSR count). The molecule has 1 aromatic heterocycles. The first-order valence-electron chi connectivity index (χ1n) is 6.27. The molecule has 0 saturated carbocycles. The highest BCUT2D eigenvalue weighted by Crippen LogP contribution is 2.31. The molecule has 0 fully saturated rings. The van der Waals surface area contributed by atoms with Gasteiger partial charge < -0.3 is 5.32 Å². The molecule has 1 nitrogen and oxygen atoms in total. The van der Waals surface area contributed by atoms with Crippen molar-refractivity contribution in [3.8, 4) is 0 Å². The standard InChI is InChI=1S/C15H16ClNS/c1-10-5-15-12(8-14(10)16)6-11(9-17-15)7-13-3-2-4-18-13/h2-5,8,11,17H,6-7,9H2,1H3. The molecule has 0 spiro atoms. The zero-order valence-corrected chi connectivity index (χ0v) is 11.9. The predicted molar refractivity (Wildman–Crippen MR) is 79.9 cm³/mol. The van der Waals surface area contributed by atoms with Crippen molar-refractivity contribution < 1.29 is 0 Å². The zero-order valence-electron chi connectivity index (χ0n) is 10.4. The molecule has 3 heteroatoms. The Bertz CT molecular complexity index is 548. The van der Waals surface area contributed by atoms with Crippen LogP contribution in [0.3, 0.4) is 0 Å². The number of fused-ring (bicyclic) bond motifs is 1. The summed E-state index contributed by atoms with van der Waals surface area (Å²) in [4.78, 5) is 1.48. The zero-order chi connectivity index (χ0) is 12.5. The van der Waals surface area contributed by atoms with Crippen LogP contribution in [-0.4, -0.2) is 6.54 Å². The first kappa shape index (κ1) is 12.1. The number of hydrogen-bond donors (Lipinski definition) is 1. The van der Waals surface area contributed by atoms with Crippen molar-refractivity contribution in [2.75, 3.05) is 11.9 Å². The van der Waals surface area contributed by atoms with Gasteiger partial charge in [0.15, 0.2) is 0 Å². The molecule has 1 atom stereocenters. The predicted octanol–water partition coefficient (Wildman–Crippen LogP) is 4.54. The maximum absolute atomic E-state index is 6.21. The third kappa shape index (κ3) is 2.40. The van der Waals surface area contributed by atoms with E-state index in [9.17, 15) is 0 Å². The first-order valence-corrected chi connectivity index (χ1v) is 7.53. The minimum Gasteiger partial charge on any atom is -0.385 e. The van der Waals surface area contributed by atoms with Crippen molar-refractivity contribution in [1.29, 1.82) is 0 Å². The van der Waals surface area contributed by atoms with Crippen molar-refractivity contribution in [3.05, 3.63) is 50.7 Å². The highest BCUT2D eigenvalue weighted by molar-refractivity contribution is 7.09. The van der Waals surface area contributed by atoms with Gasteiger partial charge in [0.25, 0.3) is 0 Å². The van der Waals surface area contributed by atoms with Crippen molar-refractivity contribution in [2.45, 2.75) is 19.8 Å². The summed E-state index contributed by atoms with van der Waals surface area (Å²) in [5, 5.41) is 6.57. The number of anilines is 1. The van der Waals surface area contributed by atoms with Gasteiger partial charge in [-0.3, -0.25) is 0 Å². The van der Waals surface area contributed by atoms with Gasteiger partial charge in [-0.15, -0.1) is 11.3 Å². The summed E-state index contributed by atoms with van der Waals surface area (Å²) >= 11 is 8.06. The number of benzene rings is 1. The second-order valence-corrected chi connectivity index (χ2v) is 6.43. The third-order valence-electron chi connectivity index (χ3n) is 3.54. The molecule has 0 radical (unpaired) electrons. The van der Waals surface area contributed by atoms with Crippen LogP contribution in [0.25, 0.3) is 0 Å². The van der Waals surface area contributed by atoms with E-state index in [-0.39, 0.29) is 0 Å². The van der Waals surface area contributed by atoms with Gasteiger partial charge in [-0.25, -0.2) is 0 Å². The van der Waals surface area contributed by atoms with Crippen molar-refractivity contribution in [1.82, 2.24) is 0 Å². The van der Waals surface area contributed by atoms with Crippen LogP contribution >= 0.6 is 22.9 Å². The number of nitrogens with one attached hydrogen (secondary N) is 1. The topological polar surface area (TPSA) is 12.0 Å². The SMILES string of the molecule is Cc1cc2c(cc1Cl)CC(Cc1cccs1)CN2. The fourth-order valence-corrected chi connectivity index (χ4v) is 3.56. The van der Waals surface area contributed by atoms with E-state index in [0.717, 1.165) is 30.0 Å². The van der Waals surface area contributed by atoms with Crippen LogP contribution in [0.2, 0.25) is 5.02 Å². The summed E-state index contributed by atoms with van der Waals surface area (Å²) in [5.74, 6) is 0.676. The Kier molecular flexibility index (Phi) is 3.31. The van der Waals surface area contributed by atoms with Crippen LogP contribution < -0.4 is 5.32 Å². The Morgan fingerprint density at radius 1 is 1.44 bits per heavy atom. The molecular weight excluding hydrogens is 262 g/mol. The van der Waals surface area contributed by atoms with Gasteiger partial charge in [-0.05, 0) is 60.4 Å². The first-order chi connectivity index (χ1) is 8.72. The van der Waals surface area contributed by atoms with Crippen LogP contribution in [0.15, 0.2) is 29.6 Å². The monoisotopic (exact) mass is 277 g/mol. The molecular formula is C15H16ClNS. The Morgan fingerprint density at radius 3 is 3.11 bits per heavy atom. The molecule has 18 heavy (non-hydrogen) atoms. The van der Waals surface area contributed by atoms with Gasteiger partial charge >= 0.3 is 0 Å². The fourth-order valence-electron chi connectivity index (χ4n) is 2.55. The summed E-state index contributed by atoms with van der Waals surface area (Å²) < 4.78 is 0. The average Bonchev–Trinajstić information content (AvgIpc) is 2.84.